The van der Waals surface area contributed by atoms with Crippen molar-refractivity contribution in [2.24, 2.45) is 23.5 Å². The molecule has 3 N–H and O–H groups in total. The number of rotatable bonds is 3. The van der Waals surface area contributed by atoms with E-state index in [2.05, 4.69) is 19.2 Å². The Morgan fingerprint density at radius 2 is 1.83 bits per heavy atom. The second-order valence-corrected chi connectivity index (χ2v) is 6.40. The molecule has 0 heterocycles. The molecule has 2 aliphatic carbocycles. The smallest absolute Gasteiger partial charge is 0.223 e. The van der Waals surface area contributed by atoms with Gasteiger partial charge in [-0.2, -0.15) is 0 Å². The molecule has 4 atom stereocenters. The summed E-state index contributed by atoms with van der Waals surface area (Å²) >= 11 is 0. The third-order valence-electron chi connectivity index (χ3n) is 5.18. The van der Waals surface area contributed by atoms with E-state index in [1.807, 2.05) is 0 Å². The first-order valence-electron chi connectivity index (χ1n) is 7.65. The summed E-state index contributed by atoms with van der Waals surface area (Å²) in [4.78, 5) is 12.4. The van der Waals surface area contributed by atoms with Crippen LogP contribution in [0.5, 0.6) is 0 Å². The lowest BCUT2D eigenvalue weighted by Crippen LogP contribution is -2.47. The lowest BCUT2D eigenvalue weighted by molar-refractivity contribution is -0.128. The van der Waals surface area contributed by atoms with Crippen molar-refractivity contribution >= 4 is 5.91 Å². The zero-order chi connectivity index (χ0) is 13.1. The van der Waals surface area contributed by atoms with Crippen LogP contribution in [0.25, 0.3) is 0 Å². The highest BCUT2D eigenvalue weighted by molar-refractivity contribution is 5.79. The fraction of sp³-hybridized carbons (Fsp3) is 0.933. The molecule has 2 aliphatic rings. The van der Waals surface area contributed by atoms with E-state index >= 15 is 0 Å². The molecule has 0 spiro atoms. The molecule has 18 heavy (non-hydrogen) atoms. The maximum atomic E-state index is 12.4. The average Bonchev–Trinajstić information content (AvgIpc) is 2.86. The van der Waals surface area contributed by atoms with Gasteiger partial charge in [-0.05, 0) is 44.4 Å². The summed E-state index contributed by atoms with van der Waals surface area (Å²) in [6.45, 7) is 4.30. The summed E-state index contributed by atoms with van der Waals surface area (Å²) in [5.41, 5.74) is 6.08. The third kappa shape index (κ3) is 3.05. The summed E-state index contributed by atoms with van der Waals surface area (Å²) in [5, 5.41) is 3.25. The van der Waals surface area contributed by atoms with Crippen LogP contribution in [0, 0.1) is 17.8 Å². The van der Waals surface area contributed by atoms with Crippen molar-refractivity contribution in [2.45, 2.75) is 70.9 Å². The van der Waals surface area contributed by atoms with Crippen molar-refractivity contribution in [3.63, 3.8) is 0 Å². The Bertz CT molecular complexity index is 286. The Labute approximate surface area is 111 Å². The van der Waals surface area contributed by atoms with Gasteiger partial charge >= 0.3 is 0 Å². The van der Waals surface area contributed by atoms with E-state index in [0.29, 0.717) is 17.9 Å². The number of hydrogen-bond donors (Lipinski definition) is 2. The first-order chi connectivity index (χ1) is 8.59. The molecule has 0 saturated heterocycles. The summed E-state index contributed by atoms with van der Waals surface area (Å²) in [5.74, 6) is 1.41. The lowest BCUT2D eigenvalue weighted by atomic mass is 9.76. The van der Waals surface area contributed by atoms with Gasteiger partial charge in [0.05, 0.1) is 0 Å². The van der Waals surface area contributed by atoms with Crippen LogP contribution in [-0.4, -0.2) is 18.0 Å². The van der Waals surface area contributed by atoms with Gasteiger partial charge in [0.1, 0.15) is 0 Å². The standard InChI is InChI=1S/C15H28N2O/c1-10-13(8-5-9-14(10)16)15(18)17-11(2)12-6-3-4-7-12/h10-14H,3-9,16H2,1-2H3,(H,17,18). The maximum Gasteiger partial charge on any atom is 0.223 e. The molecule has 3 nitrogen and oxygen atoms in total. The van der Waals surface area contributed by atoms with Gasteiger partial charge in [0.15, 0.2) is 0 Å². The van der Waals surface area contributed by atoms with Gasteiger partial charge in [-0.1, -0.05) is 26.2 Å². The zero-order valence-corrected chi connectivity index (χ0v) is 11.8. The number of nitrogens with two attached hydrogens (primary N) is 1. The van der Waals surface area contributed by atoms with Gasteiger partial charge in [0.2, 0.25) is 5.91 Å². The molecule has 0 bridgehead atoms. The Hall–Kier alpha value is -0.570. The summed E-state index contributed by atoms with van der Waals surface area (Å²) in [6, 6.07) is 0.543. The van der Waals surface area contributed by atoms with Crippen LogP contribution in [0.3, 0.4) is 0 Å². The molecule has 0 aromatic heterocycles. The second-order valence-electron chi connectivity index (χ2n) is 6.40. The van der Waals surface area contributed by atoms with Gasteiger partial charge in [-0.3, -0.25) is 4.79 Å². The molecule has 0 aromatic carbocycles. The van der Waals surface area contributed by atoms with Crippen LogP contribution in [0.4, 0.5) is 0 Å². The van der Waals surface area contributed by atoms with E-state index in [9.17, 15) is 4.79 Å². The van der Waals surface area contributed by atoms with E-state index in [1.54, 1.807) is 0 Å². The van der Waals surface area contributed by atoms with Gasteiger partial charge < -0.3 is 11.1 Å². The zero-order valence-electron chi connectivity index (χ0n) is 11.8. The minimum atomic E-state index is 0.137. The summed E-state index contributed by atoms with van der Waals surface area (Å²) in [6.07, 6.45) is 8.40. The molecule has 0 aromatic rings. The largest absolute Gasteiger partial charge is 0.353 e. The highest BCUT2D eigenvalue weighted by atomic mass is 16.2. The third-order valence-corrected chi connectivity index (χ3v) is 5.18. The van der Waals surface area contributed by atoms with Gasteiger partial charge in [-0.25, -0.2) is 0 Å². The quantitative estimate of drug-likeness (QED) is 0.810. The number of hydrogen-bond acceptors (Lipinski definition) is 2. The molecule has 2 saturated carbocycles. The van der Waals surface area contributed by atoms with E-state index in [4.69, 9.17) is 5.73 Å². The van der Waals surface area contributed by atoms with Crippen molar-refractivity contribution in [1.29, 1.82) is 0 Å². The van der Waals surface area contributed by atoms with Crippen LogP contribution < -0.4 is 11.1 Å². The molecule has 104 valence electrons. The first kappa shape index (κ1) is 13.9. The van der Waals surface area contributed by atoms with Crippen LogP contribution in [0.2, 0.25) is 0 Å². The highest BCUT2D eigenvalue weighted by Gasteiger charge is 2.34. The number of amides is 1. The molecule has 1 amide bonds. The molecular weight excluding hydrogens is 224 g/mol. The minimum Gasteiger partial charge on any atom is -0.353 e. The van der Waals surface area contributed by atoms with Gasteiger partial charge in [-0.15, -0.1) is 0 Å². The molecule has 2 rings (SSSR count). The minimum absolute atomic E-state index is 0.137. The molecular formula is C15H28N2O. The average molecular weight is 252 g/mol. The van der Waals surface area contributed by atoms with Gasteiger partial charge in [0.25, 0.3) is 0 Å². The molecule has 0 aliphatic heterocycles. The summed E-state index contributed by atoms with van der Waals surface area (Å²) < 4.78 is 0. The second kappa shape index (κ2) is 6.05. The monoisotopic (exact) mass is 252 g/mol. The van der Waals surface area contributed by atoms with Crippen LogP contribution in [-0.2, 0) is 4.79 Å². The SMILES string of the molecule is CC(NC(=O)C1CCCC(N)C1C)C1CCCC1. The van der Waals surface area contributed by atoms with E-state index < -0.39 is 0 Å². The normalized spacial score (nSPS) is 35.4. The lowest BCUT2D eigenvalue weighted by Gasteiger charge is -2.34. The fourth-order valence-corrected chi connectivity index (χ4v) is 3.67. The van der Waals surface area contributed by atoms with Crippen LogP contribution >= 0.6 is 0 Å². The van der Waals surface area contributed by atoms with Gasteiger partial charge in [0, 0.05) is 18.0 Å². The fourth-order valence-electron chi connectivity index (χ4n) is 3.67. The van der Waals surface area contributed by atoms with Crippen molar-refractivity contribution in [1.82, 2.24) is 5.32 Å². The molecule has 4 unspecified atom stereocenters. The maximum absolute atomic E-state index is 12.4. The van der Waals surface area contributed by atoms with Crippen molar-refractivity contribution < 1.29 is 4.79 Å². The number of carbonyl (C=O) groups excluding carboxylic acids is 1. The van der Waals surface area contributed by atoms with E-state index in [0.717, 1.165) is 19.3 Å². The van der Waals surface area contributed by atoms with E-state index in [1.165, 1.54) is 25.7 Å². The molecule has 3 heteroatoms. The van der Waals surface area contributed by atoms with Crippen molar-refractivity contribution in [3.05, 3.63) is 0 Å². The van der Waals surface area contributed by atoms with E-state index in [-0.39, 0.29) is 17.9 Å². The van der Waals surface area contributed by atoms with Crippen LogP contribution in [0.1, 0.15) is 58.8 Å². The number of nitrogens with one attached hydrogen (secondary N) is 1. The predicted octanol–water partition coefficient (Wildman–Crippen LogP) is 2.44. The molecule has 0 radical (unpaired) electrons. The van der Waals surface area contributed by atoms with Crippen LogP contribution in [0.15, 0.2) is 0 Å². The first-order valence-corrected chi connectivity index (χ1v) is 7.65. The Kier molecular flexibility index (Phi) is 4.66. The number of carbonyl (C=O) groups is 1. The Morgan fingerprint density at radius 1 is 1.17 bits per heavy atom. The summed E-state index contributed by atoms with van der Waals surface area (Å²) in [7, 11) is 0. The van der Waals surface area contributed by atoms with Crippen molar-refractivity contribution in [3.8, 4) is 0 Å². The topological polar surface area (TPSA) is 55.1 Å². The molecule has 2 fully saturated rings. The van der Waals surface area contributed by atoms with Crippen molar-refractivity contribution in [2.75, 3.05) is 0 Å². The highest BCUT2D eigenvalue weighted by Crippen LogP contribution is 2.31. The Balaban J connectivity index is 1.86. The Morgan fingerprint density at radius 3 is 2.50 bits per heavy atom. The predicted molar refractivity (Wildman–Crippen MR) is 74.0 cm³/mol.